The molecule has 0 saturated heterocycles. The van der Waals surface area contributed by atoms with Gasteiger partial charge < -0.3 is 5.11 Å². The van der Waals surface area contributed by atoms with Gasteiger partial charge in [-0.1, -0.05) is 11.6 Å². The highest BCUT2D eigenvalue weighted by Gasteiger charge is 1.90. The van der Waals surface area contributed by atoms with Gasteiger partial charge in [-0.25, -0.2) is 0 Å². The van der Waals surface area contributed by atoms with Crippen LogP contribution in [0.1, 0.15) is 5.56 Å². The number of aromatic hydroxyl groups is 1. The first-order valence-corrected chi connectivity index (χ1v) is 5.45. The van der Waals surface area contributed by atoms with Crippen molar-refractivity contribution in [2.24, 2.45) is 5.10 Å². The Morgan fingerprint density at radius 2 is 1.65 bits per heavy atom. The molecule has 0 fully saturated rings. The van der Waals surface area contributed by atoms with E-state index in [1.54, 1.807) is 42.6 Å². The molecule has 0 aliphatic rings. The van der Waals surface area contributed by atoms with Gasteiger partial charge in [-0.15, -0.1) is 0 Å². The van der Waals surface area contributed by atoms with E-state index < -0.39 is 0 Å². The van der Waals surface area contributed by atoms with E-state index in [9.17, 15) is 0 Å². The first-order chi connectivity index (χ1) is 8.24. The first-order valence-electron chi connectivity index (χ1n) is 5.08. The quantitative estimate of drug-likeness (QED) is 0.643. The Labute approximate surface area is 104 Å². The maximum Gasteiger partial charge on any atom is 0.115 e. The van der Waals surface area contributed by atoms with Crippen molar-refractivity contribution in [2.75, 3.05) is 5.43 Å². The van der Waals surface area contributed by atoms with Crippen LogP contribution in [0.2, 0.25) is 5.02 Å². The average Bonchev–Trinajstić information content (AvgIpc) is 2.34. The minimum atomic E-state index is 0.243. The van der Waals surface area contributed by atoms with Gasteiger partial charge in [-0.05, 0) is 54.1 Å². The normalized spacial score (nSPS) is 10.6. The Bertz CT molecular complexity index is 506. The van der Waals surface area contributed by atoms with Crippen LogP contribution in [0.15, 0.2) is 53.6 Å². The number of rotatable bonds is 3. The molecular weight excluding hydrogens is 236 g/mol. The summed E-state index contributed by atoms with van der Waals surface area (Å²) in [6.07, 6.45) is 1.67. The molecule has 2 aromatic rings. The van der Waals surface area contributed by atoms with Crippen LogP contribution in [-0.2, 0) is 0 Å². The van der Waals surface area contributed by atoms with Gasteiger partial charge in [0.05, 0.1) is 11.9 Å². The van der Waals surface area contributed by atoms with Crippen LogP contribution in [0.3, 0.4) is 0 Å². The summed E-state index contributed by atoms with van der Waals surface area (Å²) in [6.45, 7) is 0. The maximum atomic E-state index is 9.11. The number of halogens is 1. The summed E-state index contributed by atoms with van der Waals surface area (Å²) in [5.41, 5.74) is 4.66. The second-order valence-electron chi connectivity index (χ2n) is 3.47. The van der Waals surface area contributed by atoms with E-state index in [1.165, 1.54) is 0 Å². The lowest BCUT2D eigenvalue weighted by molar-refractivity contribution is 0.475. The predicted molar refractivity (Wildman–Crippen MR) is 70.8 cm³/mol. The molecular formula is C13H11ClN2O. The lowest BCUT2D eigenvalue weighted by Crippen LogP contribution is -1.89. The van der Waals surface area contributed by atoms with Crippen LogP contribution in [0, 0.1) is 0 Å². The number of hydrogen-bond acceptors (Lipinski definition) is 3. The molecule has 4 heteroatoms. The number of nitrogens with zero attached hydrogens (tertiary/aromatic N) is 1. The lowest BCUT2D eigenvalue weighted by atomic mass is 10.2. The fraction of sp³-hybridized carbons (Fsp3) is 0. The summed E-state index contributed by atoms with van der Waals surface area (Å²) in [4.78, 5) is 0. The summed E-state index contributed by atoms with van der Waals surface area (Å²) in [5, 5.41) is 13.9. The maximum absolute atomic E-state index is 9.11. The van der Waals surface area contributed by atoms with Crippen molar-refractivity contribution in [1.29, 1.82) is 0 Å². The van der Waals surface area contributed by atoms with Crippen LogP contribution < -0.4 is 5.43 Å². The van der Waals surface area contributed by atoms with Crippen LogP contribution >= 0.6 is 11.6 Å². The van der Waals surface area contributed by atoms with Gasteiger partial charge in [-0.3, -0.25) is 5.43 Å². The van der Waals surface area contributed by atoms with Crippen molar-refractivity contribution < 1.29 is 5.11 Å². The molecule has 0 aliphatic heterocycles. The fourth-order valence-corrected chi connectivity index (χ4v) is 1.39. The SMILES string of the molecule is Oc1ccc(/C=N/Nc2ccc(Cl)cc2)cc1. The van der Waals surface area contributed by atoms with Gasteiger partial charge in [0, 0.05) is 5.02 Å². The van der Waals surface area contributed by atoms with Crippen molar-refractivity contribution >= 4 is 23.5 Å². The van der Waals surface area contributed by atoms with Crippen LogP contribution in [0.25, 0.3) is 0 Å². The minimum absolute atomic E-state index is 0.243. The third-order valence-corrected chi connectivity index (χ3v) is 2.40. The van der Waals surface area contributed by atoms with Crippen LogP contribution in [0.4, 0.5) is 5.69 Å². The molecule has 0 amide bonds. The van der Waals surface area contributed by atoms with Crippen molar-refractivity contribution in [3.8, 4) is 5.75 Å². The third-order valence-electron chi connectivity index (χ3n) is 2.14. The monoisotopic (exact) mass is 246 g/mol. The second kappa shape index (κ2) is 5.37. The van der Waals surface area contributed by atoms with E-state index in [-0.39, 0.29) is 5.75 Å². The summed E-state index contributed by atoms with van der Waals surface area (Å²) < 4.78 is 0. The standard InChI is InChI=1S/C13H11ClN2O/c14-11-3-5-12(6-4-11)16-15-9-10-1-7-13(17)8-2-10/h1-9,16-17H/b15-9+. The Morgan fingerprint density at radius 3 is 2.29 bits per heavy atom. The molecule has 17 heavy (non-hydrogen) atoms. The van der Waals surface area contributed by atoms with E-state index in [0.717, 1.165) is 11.3 Å². The van der Waals surface area contributed by atoms with Gasteiger partial charge in [0.1, 0.15) is 5.75 Å². The predicted octanol–water partition coefficient (Wildman–Crippen LogP) is 3.49. The smallest absolute Gasteiger partial charge is 0.115 e. The number of hydrazone groups is 1. The van der Waals surface area contributed by atoms with Gasteiger partial charge in [0.25, 0.3) is 0 Å². The molecule has 86 valence electrons. The zero-order valence-electron chi connectivity index (χ0n) is 8.97. The molecule has 0 radical (unpaired) electrons. The Hall–Kier alpha value is -2.00. The van der Waals surface area contributed by atoms with Gasteiger partial charge in [-0.2, -0.15) is 5.10 Å². The van der Waals surface area contributed by atoms with Crippen molar-refractivity contribution in [3.63, 3.8) is 0 Å². The average molecular weight is 247 g/mol. The summed E-state index contributed by atoms with van der Waals surface area (Å²) in [7, 11) is 0. The highest BCUT2D eigenvalue weighted by molar-refractivity contribution is 6.30. The Morgan fingerprint density at radius 1 is 1.00 bits per heavy atom. The molecule has 0 aromatic heterocycles. The molecule has 0 spiro atoms. The highest BCUT2D eigenvalue weighted by atomic mass is 35.5. The Kier molecular flexibility index (Phi) is 3.62. The lowest BCUT2D eigenvalue weighted by Gasteiger charge is -1.99. The number of benzene rings is 2. The summed E-state index contributed by atoms with van der Waals surface area (Å²) >= 11 is 5.77. The minimum Gasteiger partial charge on any atom is -0.508 e. The summed E-state index contributed by atoms with van der Waals surface area (Å²) in [5.74, 6) is 0.243. The van der Waals surface area contributed by atoms with Crippen LogP contribution in [0.5, 0.6) is 5.75 Å². The van der Waals surface area contributed by atoms with Gasteiger partial charge in [0.2, 0.25) is 0 Å². The zero-order chi connectivity index (χ0) is 12.1. The van der Waals surface area contributed by atoms with Crippen molar-refractivity contribution in [1.82, 2.24) is 0 Å². The van der Waals surface area contributed by atoms with E-state index in [4.69, 9.17) is 16.7 Å². The number of phenolic OH excluding ortho intramolecular Hbond substituents is 1. The topological polar surface area (TPSA) is 44.6 Å². The number of anilines is 1. The van der Waals surface area contributed by atoms with E-state index in [1.807, 2.05) is 12.1 Å². The van der Waals surface area contributed by atoms with E-state index >= 15 is 0 Å². The van der Waals surface area contributed by atoms with E-state index in [0.29, 0.717) is 5.02 Å². The van der Waals surface area contributed by atoms with Crippen molar-refractivity contribution in [2.45, 2.75) is 0 Å². The first kappa shape index (κ1) is 11.5. The van der Waals surface area contributed by atoms with Gasteiger partial charge in [0.15, 0.2) is 0 Å². The zero-order valence-corrected chi connectivity index (χ0v) is 9.72. The Balaban J connectivity index is 1.97. The molecule has 0 atom stereocenters. The second-order valence-corrected chi connectivity index (χ2v) is 3.90. The highest BCUT2D eigenvalue weighted by Crippen LogP contribution is 2.13. The van der Waals surface area contributed by atoms with Crippen molar-refractivity contribution in [3.05, 3.63) is 59.1 Å². The van der Waals surface area contributed by atoms with Crippen LogP contribution in [-0.4, -0.2) is 11.3 Å². The molecule has 2 aromatic carbocycles. The largest absolute Gasteiger partial charge is 0.508 e. The third kappa shape index (κ3) is 3.50. The molecule has 0 unspecified atom stereocenters. The number of phenols is 1. The van der Waals surface area contributed by atoms with E-state index in [2.05, 4.69) is 10.5 Å². The summed E-state index contributed by atoms with van der Waals surface area (Å²) in [6, 6.07) is 14.1. The number of hydrogen-bond donors (Lipinski definition) is 2. The molecule has 2 N–H and O–H groups in total. The van der Waals surface area contributed by atoms with Gasteiger partial charge >= 0.3 is 0 Å². The molecule has 2 rings (SSSR count). The molecule has 0 aliphatic carbocycles. The fourth-order valence-electron chi connectivity index (χ4n) is 1.27. The molecule has 0 saturated carbocycles. The molecule has 0 bridgehead atoms. The molecule has 3 nitrogen and oxygen atoms in total. The number of nitrogens with one attached hydrogen (secondary N) is 1. The molecule has 0 heterocycles.